The molecular formula is C15H13BrClFIN. The summed E-state index contributed by atoms with van der Waals surface area (Å²) in [5.41, 5.74) is 2.05. The molecule has 0 aliphatic rings. The van der Waals surface area contributed by atoms with Crippen molar-refractivity contribution in [3.05, 3.63) is 66.4 Å². The van der Waals surface area contributed by atoms with Crippen molar-refractivity contribution in [2.24, 2.45) is 0 Å². The third kappa shape index (κ3) is 3.93. The Morgan fingerprint density at radius 1 is 1.30 bits per heavy atom. The van der Waals surface area contributed by atoms with Gasteiger partial charge >= 0.3 is 0 Å². The van der Waals surface area contributed by atoms with E-state index in [4.69, 9.17) is 11.6 Å². The van der Waals surface area contributed by atoms with E-state index in [0.717, 1.165) is 19.2 Å². The summed E-state index contributed by atoms with van der Waals surface area (Å²) in [5, 5.41) is 3.98. The topological polar surface area (TPSA) is 12.0 Å². The first-order valence-corrected chi connectivity index (χ1v) is 8.32. The van der Waals surface area contributed by atoms with E-state index in [1.54, 1.807) is 12.1 Å². The van der Waals surface area contributed by atoms with Crippen LogP contribution in [-0.4, -0.2) is 7.05 Å². The molecule has 0 saturated heterocycles. The first-order chi connectivity index (χ1) is 9.51. The normalized spacial score (nSPS) is 12.4. The zero-order chi connectivity index (χ0) is 14.7. The van der Waals surface area contributed by atoms with Gasteiger partial charge in [0.1, 0.15) is 5.82 Å². The molecule has 5 heteroatoms. The summed E-state index contributed by atoms with van der Waals surface area (Å²) in [6.07, 6.45) is 0.686. The second-order valence-electron chi connectivity index (χ2n) is 4.45. The van der Waals surface area contributed by atoms with Crippen molar-refractivity contribution in [1.29, 1.82) is 0 Å². The van der Waals surface area contributed by atoms with Crippen LogP contribution >= 0.6 is 50.1 Å². The Bertz CT molecular complexity index is 621. The molecule has 1 N–H and O–H groups in total. The van der Waals surface area contributed by atoms with Gasteiger partial charge in [0.25, 0.3) is 0 Å². The number of likely N-dealkylation sites (N-methyl/N-ethyl adjacent to an activating group) is 1. The summed E-state index contributed by atoms with van der Waals surface area (Å²) < 4.78 is 15.4. The van der Waals surface area contributed by atoms with Crippen molar-refractivity contribution in [3.8, 4) is 0 Å². The van der Waals surface area contributed by atoms with Crippen molar-refractivity contribution in [3.63, 3.8) is 0 Å². The van der Waals surface area contributed by atoms with E-state index in [1.807, 2.05) is 25.2 Å². The highest BCUT2D eigenvalue weighted by atomic mass is 127. The standard InChI is InChI=1S/C15H13BrClFIN/c1-20-15(12-8-10(17)2-5-14(12)19)7-9-6-11(18)3-4-13(9)16/h2-6,8,15,20H,7H2,1H3. The molecule has 1 unspecified atom stereocenters. The number of nitrogens with one attached hydrogen (secondary N) is 1. The van der Waals surface area contributed by atoms with Crippen molar-refractivity contribution < 1.29 is 4.39 Å². The Balaban J connectivity index is 2.33. The van der Waals surface area contributed by atoms with Crippen LogP contribution in [0.3, 0.4) is 0 Å². The van der Waals surface area contributed by atoms with Crippen LogP contribution in [0.4, 0.5) is 4.39 Å². The first kappa shape index (κ1) is 16.2. The Morgan fingerprint density at radius 3 is 2.75 bits per heavy atom. The molecule has 0 aliphatic heterocycles. The number of rotatable bonds is 4. The molecule has 0 aliphatic carbocycles. The van der Waals surface area contributed by atoms with Gasteiger partial charge in [-0.3, -0.25) is 0 Å². The van der Waals surface area contributed by atoms with Gasteiger partial charge < -0.3 is 5.32 Å². The maximum atomic E-state index is 13.4. The van der Waals surface area contributed by atoms with Crippen molar-refractivity contribution in [2.75, 3.05) is 7.05 Å². The zero-order valence-electron chi connectivity index (χ0n) is 10.8. The van der Waals surface area contributed by atoms with Crippen LogP contribution in [0.2, 0.25) is 5.02 Å². The largest absolute Gasteiger partial charge is 0.313 e. The van der Waals surface area contributed by atoms with Crippen molar-refractivity contribution >= 4 is 50.1 Å². The maximum absolute atomic E-state index is 13.4. The molecule has 0 heterocycles. The minimum absolute atomic E-state index is 0.0821. The number of hydrogen-bond donors (Lipinski definition) is 1. The van der Waals surface area contributed by atoms with Crippen LogP contribution in [0.5, 0.6) is 0 Å². The smallest absolute Gasteiger partial charge is 0.123 e. The zero-order valence-corrected chi connectivity index (χ0v) is 15.3. The molecule has 1 nitrogen and oxygen atoms in total. The molecule has 2 rings (SSSR count). The average molecular weight is 469 g/mol. The molecule has 0 saturated carbocycles. The van der Waals surface area contributed by atoms with Gasteiger partial charge in [0, 0.05) is 19.1 Å². The lowest BCUT2D eigenvalue weighted by atomic mass is 9.99. The SMILES string of the molecule is CNC(Cc1cc(F)ccc1Br)c1cc(Cl)ccc1I. The Morgan fingerprint density at radius 2 is 2.05 bits per heavy atom. The van der Waals surface area contributed by atoms with E-state index >= 15 is 0 Å². The maximum Gasteiger partial charge on any atom is 0.123 e. The van der Waals surface area contributed by atoms with E-state index in [2.05, 4.69) is 43.8 Å². The van der Waals surface area contributed by atoms with Gasteiger partial charge in [0.15, 0.2) is 0 Å². The highest BCUT2D eigenvalue weighted by Gasteiger charge is 2.15. The molecule has 106 valence electrons. The fraction of sp³-hybridized carbons (Fsp3) is 0.200. The van der Waals surface area contributed by atoms with E-state index < -0.39 is 0 Å². The van der Waals surface area contributed by atoms with Gasteiger partial charge in [-0.2, -0.15) is 0 Å². The van der Waals surface area contributed by atoms with Crippen LogP contribution in [0.15, 0.2) is 40.9 Å². The number of benzene rings is 2. The van der Waals surface area contributed by atoms with Crippen LogP contribution in [0, 0.1) is 9.39 Å². The molecule has 0 aromatic heterocycles. The van der Waals surface area contributed by atoms with Gasteiger partial charge in [0.05, 0.1) is 0 Å². The lowest BCUT2D eigenvalue weighted by Gasteiger charge is -2.19. The highest BCUT2D eigenvalue weighted by molar-refractivity contribution is 14.1. The fourth-order valence-electron chi connectivity index (χ4n) is 2.07. The molecule has 1 atom stereocenters. The Labute approximate surface area is 145 Å². The van der Waals surface area contributed by atoms with Gasteiger partial charge in [-0.15, -0.1) is 0 Å². The van der Waals surface area contributed by atoms with Gasteiger partial charge in [-0.05, 0) is 83.6 Å². The minimum Gasteiger partial charge on any atom is -0.313 e. The lowest BCUT2D eigenvalue weighted by Crippen LogP contribution is -2.20. The predicted octanol–water partition coefficient (Wildman–Crippen LogP) is 5.35. The van der Waals surface area contributed by atoms with Gasteiger partial charge in [-0.1, -0.05) is 27.5 Å². The lowest BCUT2D eigenvalue weighted by molar-refractivity contribution is 0.581. The Hall–Kier alpha value is -0.170. The summed E-state index contributed by atoms with van der Waals surface area (Å²) in [7, 11) is 1.90. The van der Waals surface area contributed by atoms with E-state index in [1.165, 1.54) is 6.07 Å². The summed E-state index contributed by atoms with van der Waals surface area (Å²) in [6.45, 7) is 0. The third-order valence-corrected chi connectivity index (χ3v) is 5.10. The molecule has 2 aromatic carbocycles. The van der Waals surface area contributed by atoms with Gasteiger partial charge in [-0.25, -0.2) is 4.39 Å². The summed E-state index contributed by atoms with van der Waals surface area (Å²) in [5.74, 6) is -0.223. The minimum atomic E-state index is -0.223. The number of hydrogen-bond acceptors (Lipinski definition) is 1. The molecule has 0 fully saturated rings. The highest BCUT2D eigenvalue weighted by Crippen LogP contribution is 2.29. The van der Waals surface area contributed by atoms with Crippen LogP contribution in [0.25, 0.3) is 0 Å². The molecule has 0 bridgehead atoms. The van der Waals surface area contributed by atoms with Crippen LogP contribution in [0.1, 0.15) is 17.2 Å². The van der Waals surface area contributed by atoms with E-state index in [9.17, 15) is 4.39 Å². The first-order valence-electron chi connectivity index (χ1n) is 6.07. The second-order valence-corrected chi connectivity index (χ2v) is 6.90. The molecule has 0 amide bonds. The average Bonchev–Trinajstić information content (AvgIpc) is 2.42. The molecule has 2 aromatic rings. The predicted molar refractivity (Wildman–Crippen MR) is 93.8 cm³/mol. The molecular weight excluding hydrogens is 455 g/mol. The quantitative estimate of drug-likeness (QED) is 0.597. The van der Waals surface area contributed by atoms with Crippen LogP contribution < -0.4 is 5.32 Å². The molecule has 20 heavy (non-hydrogen) atoms. The Kier molecular flexibility index (Phi) is 5.84. The monoisotopic (exact) mass is 467 g/mol. The fourth-order valence-corrected chi connectivity index (χ4v) is 3.37. The summed E-state index contributed by atoms with van der Waals surface area (Å²) >= 11 is 11.8. The van der Waals surface area contributed by atoms with Crippen LogP contribution in [-0.2, 0) is 6.42 Å². The molecule has 0 radical (unpaired) electrons. The van der Waals surface area contributed by atoms with E-state index in [0.29, 0.717) is 11.4 Å². The summed E-state index contributed by atoms with van der Waals surface area (Å²) in [4.78, 5) is 0. The summed E-state index contributed by atoms with van der Waals surface area (Å²) in [6, 6.07) is 10.6. The van der Waals surface area contributed by atoms with Crippen molar-refractivity contribution in [2.45, 2.75) is 12.5 Å². The molecule has 0 spiro atoms. The van der Waals surface area contributed by atoms with E-state index in [-0.39, 0.29) is 11.9 Å². The number of halogens is 4. The third-order valence-electron chi connectivity index (χ3n) is 3.11. The van der Waals surface area contributed by atoms with Gasteiger partial charge in [0.2, 0.25) is 0 Å². The van der Waals surface area contributed by atoms with Crippen molar-refractivity contribution in [1.82, 2.24) is 5.32 Å². The second kappa shape index (κ2) is 7.20.